The van der Waals surface area contributed by atoms with Gasteiger partial charge in [-0.3, -0.25) is 0 Å². The molecule has 0 spiro atoms. The predicted octanol–water partition coefficient (Wildman–Crippen LogP) is 4.94. The average Bonchev–Trinajstić information content (AvgIpc) is 2.08. The molecule has 0 rings (SSSR count). The first-order valence-electron chi connectivity index (χ1n) is 5.38. The van der Waals surface area contributed by atoms with Crippen molar-refractivity contribution in [2.45, 2.75) is 57.8 Å². The van der Waals surface area contributed by atoms with E-state index < -0.39 is 14.5 Å². The van der Waals surface area contributed by atoms with Gasteiger partial charge in [0.25, 0.3) is 0 Å². The molecule has 0 aromatic heterocycles. The van der Waals surface area contributed by atoms with Crippen molar-refractivity contribution < 1.29 is 13.2 Å². The Hall–Kier alpha value is 0.220. The Bertz CT molecular complexity index is 123. The first-order valence-corrected chi connectivity index (χ1v) is 6.58. The van der Waals surface area contributed by atoms with E-state index in [9.17, 15) is 13.2 Å². The molecule has 1 unspecified atom stereocenters. The maximum absolute atomic E-state index is 11.7. The molecule has 0 heterocycles. The van der Waals surface area contributed by atoms with Crippen LogP contribution in [0.15, 0.2) is 0 Å². The second-order valence-electron chi connectivity index (χ2n) is 3.55. The molecule has 0 saturated heterocycles. The normalized spacial score (nSPS) is 12.9. The number of hydrogen-bond donors (Lipinski definition) is 0. The zero-order valence-electron chi connectivity index (χ0n) is 8.79. The van der Waals surface area contributed by atoms with Crippen LogP contribution in [0.4, 0.5) is 13.2 Å². The van der Waals surface area contributed by atoms with Crippen LogP contribution in [-0.2, 0) is 0 Å². The van der Waals surface area contributed by atoms with Crippen LogP contribution in [0.3, 0.4) is 0 Å². The summed E-state index contributed by atoms with van der Waals surface area (Å²) in [5.74, 6) is -3.93. The molecule has 0 saturated carbocycles. The lowest BCUT2D eigenvalue weighted by Crippen LogP contribution is -1.98. The van der Waals surface area contributed by atoms with E-state index in [1.807, 2.05) is 0 Å². The number of unbranched alkanes of at least 4 members (excludes halogenated alkanes) is 6. The van der Waals surface area contributed by atoms with Gasteiger partial charge in [-0.2, -0.15) is 13.2 Å². The van der Waals surface area contributed by atoms with Gasteiger partial charge in [0, 0.05) is 0 Å². The molecule has 0 aromatic carbocycles. The van der Waals surface area contributed by atoms with Crippen LogP contribution < -0.4 is 0 Å². The minimum absolute atomic E-state index is 0.331. The van der Waals surface area contributed by atoms with Gasteiger partial charge in [0.15, 0.2) is 0 Å². The fourth-order valence-electron chi connectivity index (χ4n) is 1.31. The Balaban J connectivity index is 2.99. The molecule has 0 amide bonds. The third-order valence-electron chi connectivity index (χ3n) is 2.11. The Labute approximate surface area is 86.4 Å². The monoisotopic (exact) mass is 228 g/mol. The Morgan fingerprint density at radius 3 is 1.86 bits per heavy atom. The second kappa shape index (κ2) is 8.52. The summed E-state index contributed by atoms with van der Waals surface area (Å²) in [6, 6.07) is 0. The molecule has 0 radical (unpaired) electrons. The smallest absolute Gasteiger partial charge is 0.167 e. The molecule has 0 aromatic rings. The van der Waals surface area contributed by atoms with Gasteiger partial charge in [-0.05, 0) is 21.2 Å². The average molecular weight is 228 g/mol. The molecular formula is C10H20F3P. The van der Waals surface area contributed by atoms with E-state index in [2.05, 4.69) is 6.92 Å². The van der Waals surface area contributed by atoms with Gasteiger partial charge in [0.1, 0.15) is 0 Å². The van der Waals surface area contributed by atoms with Crippen LogP contribution in [0.2, 0.25) is 0 Å². The molecule has 4 heteroatoms. The van der Waals surface area contributed by atoms with E-state index in [-0.39, 0.29) is 0 Å². The van der Waals surface area contributed by atoms with Crippen molar-refractivity contribution in [2.24, 2.45) is 0 Å². The summed E-state index contributed by atoms with van der Waals surface area (Å²) in [7, 11) is -0.846. The van der Waals surface area contributed by atoms with Crippen LogP contribution in [0.1, 0.15) is 51.9 Å². The molecule has 14 heavy (non-hydrogen) atoms. The quantitative estimate of drug-likeness (QED) is 0.408. The van der Waals surface area contributed by atoms with E-state index in [4.69, 9.17) is 0 Å². The van der Waals surface area contributed by atoms with Crippen molar-refractivity contribution >= 4 is 8.58 Å². The molecule has 0 aliphatic carbocycles. The summed E-state index contributed by atoms with van der Waals surface area (Å²) in [6.07, 6.45) is 8.03. The minimum Gasteiger partial charge on any atom is -0.167 e. The van der Waals surface area contributed by atoms with Gasteiger partial charge in [-0.25, -0.2) is 0 Å². The summed E-state index contributed by atoms with van der Waals surface area (Å²) in [4.78, 5) is 0. The van der Waals surface area contributed by atoms with Gasteiger partial charge >= 0.3 is 5.92 Å². The van der Waals surface area contributed by atoms with E-state index >= 15 is 0 Å². The van der Waals surface area contributed by atoms with Crippen LogP contribution in [0.5, 0.6) is 0 Å². The zero-order chi connectivity index (χ0) is 10.9. The topological polar surface area (TPSA) is 0 Å². The number of rotatable bonds is 8. The fourth-order valence-corrected chi connectivity index (χ4v) is 2.02. The largest absolute Gasteiger partial charge is 0.402 e. The van der Waals surface area contributed by atoms with Gasteiger partial charge < -0.3 is 0 Å². The van der Waals surface area contributed by atoms with Gasteiger partial charge in [0.05, 0.1) is 0 Å². The van der Waals surface area contributed by atoms with Crippen molar-refractivity contribution in [2.75, 3.05) is 6.16 Å². The molecule has 0 nitrogen and oxygen atoms in total. The van der Waals surface area contributed by atoms with E-state index in [0.717, 1.165) is 19.3 Å². The number of halogens is 3. The highest BCUT2D eigenvalue weighted by Crippen LogP contribution is 2.36. The highest BCUT2D eigenvalue weighted by Gasteiger charge is 2.25. The Morgan fingerprint density at radius 2 is 1.36 bits per heavy atom. The maximum Gasteiger partial charge on any atom is 0.402 e. The van der Waals surface area contributed by atoms with Crippen molar-refractivity contribution in [3.8, 4) is 0 Å². The third kappa shape index (κ3) is 12.2. The predicted molar refractivity (Wildman–Crippen MR) is 57.2 cm³/mol. The molecule has 86 valence electrons. The molecule has 0 bridgehead atoms. The van der Waals surface area contributed by atoms with Gasteiger partial charge in [0.2, 0.25) is 0 Å². The van der Waals surface area contributed by atoms with E-state index in [1.54, 1.807) is 0 Å². The van der Waals surface area contributed by atoms with Crippen LogP contribution in [0.25, 0.3) is 0 Å². The number of alkyl halides is 3. The van der Waals surface area contributed by atoms with Crippen LogP contribution in [-0.4, -0.2) is 12.1 Å². The second-order valence-corrected chi connectivity index (χ2v) is 4.97. The minimum atomic E-state index is -3.93. The molecule has 0 aliphatic rings. The summed E-state index contributed by atoms with van der Waals surface area (Å²) in [6.45, 7) is 2.16. The standard InChI is InChI=1S/C10H20F3P/c1-2-3-4-5-6-7-8-9-14-10(11,12)13/h14H,2-9H2,1H3. The zero-order valence-corrected chi connectivity index (χ0v) is 9.79. The van der Waals surface area contributed by atoms with Crippen molar-refractivity contribution in [3.05, 3.63) is 0 Å². The fraction of sp³-hybridized carbons (Fsp3) is 1.00. The number of hydrogen-bond acceptors (Lipinski definition) is 0. The summed E-state index contributed by atoms with van der Waals surface area (Å²) in [5, 5.41) is 0. The summed E-state index contributed by atoms with van der Waals surface area (Å²) < 4.78 is 35.2. The maximum atomic E-state index is 11.7. The van der Waals surface area contributed by atoms with Gasteiger partial charge in [-0.15, -0.1) is 0 Å². The first-order chi connectivity index (χ1) is 6.56. The molecule has 0 fully saturated rings. The lowest BCUT2D eigenvalue weighted by Gasteiger charge is -2.05. The van der Waals surface area contributed by atoms with Crippen molar-refractivity contribution in [1.82, 2.24) is 0 Å². The van der Waals surface area contributed by atoms with Gasteiger partial charge in [-0.1, -0.05) is 45.4 Å². The SMILES string of the molecule is CCCCCCCCCPC(F)(F)F. The Morgan fingerprint density at radius 1 is 0.857 bits per heavy atom. The third-order valence-corrected chi connectivity index (χ3v) is 3.11. The highest BCUT2D eigenvalue weighted by molar-refractivity contribution is 7.39. The van der Waals surface area contributed by atoms with Crippen molar-refractivity contribution in [3.63, 3.8) is 0 Å². The molecule has 0 N–H and O–H groups in total. The van der Waals surface area contributed by atoms with Crippen LogP contribution in [0, 0.1) is 0 Å². The molecule has 0 aliphatic heterocycles. The first kappa shape index (κ1) is 14.2. The molecular weight excluding hydrogens is 208 g/mol. The van der Waals surface area contributed by atoms with Crippen LogP contribution >= 0.6 is 8.58 Å². The lowest BCUT2D eigenvalue weighted by molar-refractivity contribution is -0.0371. The summed E-state index contributed by atoms with van der Waals surface area (Å²) in [5.41, 5.74) is 0. The summed E-state index contributed by atoms with van der Waals surface area (Å²) >= 11 is 0. The van der Waals surface area contributed by atoms with E-state index in [0.29, 0.717) is 6.16 Å². The highest BCUT2D eigenvalue weighted by atomic mass is 31.1. The molecule has 1 atom stereocenters. The van der Waals surface area contributed by atoms with E-state index in [1.165, 1.54) is 25.7 Å². The Kier molecular flexibility index (Phi) is 8.66. The van der Waals surface area contributed by atoms with Crippen molar-refractivity contribution in [1.29, 1.82) is 0 Å². The lowest BCUT2D eigenvalue weighted by atomic mass is 10.1.